The standard InChI is InChI=1S/C15H14O2/c16-15-10-4-9-14(17-15)13-8-3-6-11-5-1-2-7-12(11)13/h1-3,5-8,14H,4,9-10H2. The molecule has 1 saturated heterocycles. The molecule has 0 spiro atoms. The van der Waals surface area contributed by atoms with Crippen LogP contribution in [0.1, 0.15) is 30.9 Å². The first-order valence-corrected chi connectivity index (χ1v) is 6.02. The minimum atomic E-state index is -0.0748. The summed E-state index contributed by atoms with van der Waals surface area (Å²) in [5, 5.41) is 2.39. The van der Waals surface area contributed by atoms with Crippen LogP contribution in [-0.4, -0.2) is 5.97 Å². The molecule has 0 N–H and O–H groups in total. The Hall–Kier alpha value is -1.83. The summed E-state index contributed by atoms with van der Waals surface area (Å²) in [6.45, 7) is 0. The van der Waals surface area contributed by atoms with Gasteiger partial charge in [-0.05, 0) is 23.6 Å². The summed E-state index contributed by atoms with van der Waals surface area (Å²) in [7, 11) is 0. The third kappa shape index (κ3) is 1.91. The zero-order valence-corrected chi connectivity index (χ0v) is 9.56. The van der Waals surface area contributed by atoms with E-state index in [1.165, 1.54) is 10.8 Å². The molecule has 3 rings (SSSR count). The van der Waals surface area contributed by atoms with Crippen molar-refractivity contribution < 1.29 is 9.53 Å². The molecule has 1 heterocycles. The summed E-state index contributed by atoms with van der Waals surface area (Å²) in [4.78, 5) is 11.4. The Kier molecular flexibility index (Phi) is 2.56. The molecule has 0 amide bonds. The first kappa shape index (κ1) is 10.3. The maximum absolute atomic E-state index is 11.4. The van der Waals surface area contributed by atoms with E-state index in [0.29, 0.717) is 6.42 Å². The number of carbonyl (C=O) groups excluding carboxylic acids is 1. The summed E-state index contributed by atoms with van der Waals surface area (Å²) in [5.41, 5.74) is 1.14. The topological polar surface area (TPSA) is 26.3 Å². The first-order chi connectivity index (χ1) is 8.34. The van der Waals surface area contributed by atoms with Gasteiger partial charge in [0.05, 0.1) is 0 Å². The highest BCUT2D eigenvalue weighted by molar-refractivity contribution is 5.86. The summed E-state index contributed by atoms with van der Waals surface area (Å²) >= 11 is 0. The fraction of sp³-hybridized carbons (Fsp3) is 0.267. The van der Waals surface area contributed by atoms with Crippen LogP contribution in [-0.2, 0) is 9.53 Å². The van der Waals surface area contributed by atoms with Crippen molar-refractivity contribution >= 4 is 16.7 Å². The third-order valence-corrected chi connectivity index (χ3v) is 3.29. The highest BCUT2D eigenvalue weighted by Crippen LogP contribution is 2.33. The molecule has 1 aliphatic rings. The normalized spacial score (nSPS) is 20.2. The SMILES string of the molecule is O=C1CCCC(c2cccc3ccccc23)O1. The van der Waals surface area contributed by atoms with Crippen LogP contribution in [0.15, 0.2) is 42.5 Å². The average Bonchev–Trinajstić information content (AvgIpc) is 2.38. The van der Waals surface area contributed by atoms with Gasteiger partial charge in [-0.2, -0.15) is 0 Å². The number of carbonyl (C=O) groups is 1. The highest BCUT2D eigenvalue weighted by Gasteiger charge is 2.23. The lowest BCUT2D eigenvalue weighted by molar-refractivity contribution is -0.154. The summed E-state index contributed by atoms with van der Waals surface area (Å²) in [6.07, 6.45) is 2.34. The number of esters is 1. The Morgan fingerprint density at radius 2 is 1.88 bits per heavy atom. The predicted octanol–water partition coefficient (Wildman–Crippen LogP) is 3.61. The second-order valence-corrected chi connectivity index (χ2v) is 4.44. The molecule has 2 nitrogen and oxygen atoms in total. The first-order valence-electron chi connectivity index (χ1n) is 6.02. The van der Waals surface area contributed by atoms with Crippen LogP contribution in [0, 0.1) is 0 Å². The molecule has 1 atom stereocenters. The molecule has 0 aliphatic carbocycles. The van der Waals surface area contributed by atoms with Gasteiger partial charge >= 0.3 is 5.97 Å². The number of benzene rings is 2. The van der Waals surface area contributed by atoms with Crippen LogP contribution < -0.4 is 0 Å². The number of hydrogen-bond acceptors (Lipinski definition) is 2. The molecule has 1 fully saturated rings. The Bertz CT molecular complexity index is 554. The average molecular weight is 226 g/mol. The summed E-state index contributed by atoms with van der Waals surface area (Å²) < 4.78 is 5.44. The van der Waals surface area contributed by atoms with Gasteiger partial charge < -0.3 is 4.74 Å². The van der Waals surface area contributed by atoms with Gasteiger partial charge in [-0.25, -0.2) is 0 Å². The molecule has 1 unspecified atom stereocenters. The lowest BCUT2D eigenvalue weighted by Crippen LogP contribution is -2.17. The molecule has 86 valence electrons. The van der Waals surface area contributed by atoms with Crippen LogP contribution >= 0.6 is 0 Å². The number of ether oxygens (including phenoxy) is 1. The van der Waals surface area contributed by atoms with Crippen molar-refractivity contribution in [3.05, 3.63) is 48.0 Å². The molecule has 0 aromatic heterocycles. The van der Waals surface area contributed by atoms with Crippen LogP contribution in [0.4, 0.5) is 0 Å². The van der Waals surface area contributed by atoms with Gasteiger partial charge in [0.15, 0.2) is 0 Å². The van der Waals surface area contributed by atoms with Crippen molar-refractivity contribution in [2.75, 3.05) is 0 Å². The van der Waals surface area contributed by atoms with E-state index in [0.717, 1.165) is 18.4 Å². The Morgan fingerprint density at radius 3 is 2.76 bits per heavy atom. The maximum atomic E-state index is 11.4. The minimum absolute atomic E-state index is 0.0673. The van der Waals surface area contributed by atoms with Gasteiger partial charge in [-0.1, -0.05) is 42.5 Å². The second kappa shape index (κ2) is 4.21. The molecular weight excluding hydrogens is 212 g/mol. The molecule has 2 aromatic rings. The van der Waals surface area contributed by atoms with Gasteiger partial charge in [0.1, 0.15) is 6.10 Å². The van der Waals surface area contributed by atoms with E-state index in [1.54, 1.807) is 0 Å². The van der Waals surface area contributed by atoms with Gasteiger partial charge in [0.2, 0.25) is 0 Å². The zero-order chi connectivity index (χ0) is 11.7. The largest absolute Gasteiger partial charge is 0.457 e. The Balaban J connectivity index is 2.07. The fourth-order valence-electron chi connectivity index (χ4n) is 2.46. The fourth-order valence-corrected chi connectivity index (χ4v) is 2.46. The molecule has 0 saturated carbocycles. The van der Waals surface area contributed by atoms with E-state index in [-0.39, 0.29) is 12.1 Å². The van der Waals surface area contributed by atoms with Gasteiger partial charge in [0, 0.05) is 12.0 Å². The lowest BCUT2D eigenvalue weighted by atomic mass is 9.96. The highest BCUT2D eigenvalue weighted by atomic mass is 16.5. The molecule has 0 bridgehead atoms. The van der Waals surface area contributed by atoms with E-state index in [1.807, 2.05) is 18.2 Å². The monoisotopic (exact) mass is 226 g/mol. The van der Waals surface area contributed by atoms with Crippen molar-refractivity contribution in [3.63, 3.8) is 0 Å². The van der Waals surface area contributed by atoms with E-state index < -0.39 is 0 Å². The van der Waals surface area contributed by atoms with Gasteiger partial charge in [0.25, 0.3) is 0 Å². The Labute approximate surface area is 100 Å². The van der Waals surface area contributed by atoms with E-state index >= 15 is 0 Å². The van der Waals surface area contributed by atoms with Crippen LogP contribution in [0.3, 0.4) is 0 Å². The van der Waals surface area contributed by atoms with E-state index in [9.17, 15) is 4.79 Å². The number of hydrogen-bond donors (Lipinski definition) is 0. The molecule has 2 heteroatoms. The molecule has 2 aromatic carbocycles. The maximum Gasteiger partial charge on any atom is 0.306 e. The van der Waals surface area contributed by atoms with Gasteiger partial charge in [-0.15, -0.1) is 0 Å². The second-order valence-electron chi connectivity index (χ2n) is 4.44. The lowest BCUT2D eigenvalue weighted by Gasteiger charge is -2.23. The molecule has 17 heavy (non-hydrogen) atoms. The van der Waals surface area contributed by atoms with Crippen molar-refractivity contribution in [2.45, 2.75) is 25.4 Å². The van der Waals surface area contributed by atoms with Crippen molar-refractivity contribution in [1.82, 2.24) is 0 Å². The van der Waals surface area contributed by atoms with Crippen LogP contribution in [0.5, 0.6) is 0 Å². The predicted molar refractivity (Wildman–Crippen MR) is 66.6 cm³/mol. The van der Waals surface area contributed by atoms with Crippen molar-refractivity contribution in [1.29, 1.82) is 0 Å². The molecular formula is C15H14O2. The smallest absolute Gasteiger partial charge is 0.306 e. The van der Waals surface area contributed by atoms with E-state index in [4.69, 9.17) is 4.74 Å². The van der Waals surface area contributed by atoms with Gasteiger partial charge in [-0.3, -0.25) is 4.79 Å². The number of rotatable bonds is 1. The third-order valence-electron chi connectivity index (χ3n) is 3.29. The van der Waals surface area contributed by atoms with E-state index in [2.05, 4.69) is 24.3 Å². The quantitative estimate of drug-likeness (QED) is 0.694. The number of cyclic esters (lactones) is 1. The summed E-state index contributed by atoms with van der Waals surface area (Å²) in [5.74, 6) is -0.0748. The van der Waals surface area contributed by atoms with Crippen LogP contribution in [0.2, 0.25) is 0 Å². The molecule has 1 aliphatic heterocycles. The Morgan fingerprint density at radius 1 is 1.06 bits per heavy atom. The zero-order valence-electron chi connectivity index (χ0n) is 9.56. The van der Waals surface area contributed by atoms with Crippen molar-refractivity contribution in [3.8, 4) is 0 Å². The number of fused-ring (bicyclic) bond motifs is 1. The van der Waals surface area contributed by atoms with Crippen molar-refractivity contribution in [2.24, 2.45) is 0 Å². The molecule has 0 radical (unpaired) electrons. The minimum Gasteiger partial charge on any atom is -0.457 e. The van der Waals surface area contributed by atoms with Crippen LogP contribution in [0.25, 0.3) is 10.8 Å². The summed E-state index contributed by atoms with van der Waals surface area (Å²) in [6, 6.07) is 14.4.